The highest BCUT2D eigenvalue weighted by molar-refractivity contribution is 7.89. The van der Waals surface area contributed by atoms with E-state index in [0.29, 0.717) is 17.3 Å². The Labute approximate surface area is 188 Å². The quantitative estimate of drug-likeness (QED) is 0.569. The van der Waals surface area contributed by atoms with E-state index in [4.69, 9.17) is 16.3 Å². The van der Waals surface area contributed by atoms with Crippen molar-refractivity contribution < 1.29 is 22.7 Å². The third kappa shape index (κ3) is 6.53. The molecule has 2 atom stereocenters. The molecule has 0 radical (unpaired) electrons. The Hall–Kier alpha value is -2.42. The molecule has 0 aliphatic heterocycles. The van der Waals surface area contributed by atoms with E-state index in [1.54, 1.807) is 26.0 Å². The number of esters is 1. The Morgan fingerprint density at radius 1 is 1.03 bits per heavy atom. The SMILES string of the molecule is CCN(C(=O)C(C)OC(=O)C(NS(=O)(=O)c1ccc(Cl)cc1)C(C)C)c1ccccc1. The van der Waals surface area contributed by atoms with Crippen LogP contribution in [0.1, 0.15) is 27.7 Å². The van der Waals surface area contributed by atoms with Gasteiger partial charge in [0.1, 0.15) is 6.04 Å². The van der Waals surface area contributed by atoms with Gasteiger partial charge in [0.15, 0.2) is 6.10 Å². The molecule has 0 aromatic heterocycles. The van der Waals surface area contributed by atoms with E-state index in [9.17, 15) is 18.0 Å². The molecule has 0 spiro atoms. The summed E-state index contributed by atoms with van der Waals surface area (Å²) in [4.78, 5) is 27.1. The van der Waals surface area contributed by atoms with Crippen LogP contribution in [-0.2, 0) is 24.3 Å². The van der Waals surface area contributed by atoms with Crippen molar-refractivity contribution in [3.05, 3.63) is 59.6 Å². The number of carbonyl (C=O) groups excluding carboxylic acids is 2. The highest BCUT2D eigenvalue weighted by atomic mass is 35.5. The molecule has 0 saturated carbocycles. The number of hydrogen-bond acceptors (Lipinski definition) is 5. The number of rotatable bonds is 9. The number of nitrogens with one attached hydrogen (secondary N) is 1. The van der Waals surface area contributed by atoms with E-state index < -0.39 is 40.0 Å². The van der Waals surface area contributed by atoms with Crippen molar-refractivity contribution in [1.29, 1.82) is 0 Å². The first-order valence-corrected chi connectivity index (χ1v) is 11.8. The Balaban J connectivity index is 2.14. The molecule has 0 bridgehead atoms. The molecule has 0 aliphatic carbocycles. The van der Waals surface area contributed by atoms with Gasteiger partial charge in [-0.3, -0.25) is 9.59 Å². The summed E-state index contributed by atoms with van der Waals surface area (Å²) < 4.78 is 33.1. The fourth-order valence-electron chi connectivity index (χ4n) is 2.90. The molecule has 0 aliphatic rings. The zero-order chi connectivity index (χ0) is 23.2. The van der Waals surface area contributed by atoms with E-state index in [0.717, 1.165) is 0 Å². The lowest BCUT2D eigenvalue weighted by Crippen LogP contribution is -2.48. The minimum absolute atomic E-state index is 0.0271. The number of benzene rings is 2. The maximum absolute atomic E-state index is 12.8. The van der Waals surface area contributed by atoms with Gasteiger partial charge in [0.05, 0.1) is 4.90 Å². The van der Waals surface area contributed by atoms with Gasteiger partial charge in [-0.2, -0.15) is 4.72 Å². The van der Waals surface area contributed by atoms with Crippen LogP contribution in [0.4, 0.5) is 5.69 Å². The number of halogens is 1. The molecule has 2 aromatic rings. The molecule has 168 valence electrons. The average molecular weight is 467 g/mol. The lowest BCUT2D eigenvalue weighted by atomic mass is 10.1. The maximum atomic E-state index is 12.8. The largest absolute Gasteiger partial charge is 0.451 e. The number of nitrogens with zero attached hydrogens (tertiary/aromatic N) is 1. The minimum Gasteiger partial charge on any atom is -0.451 e. The summed E-state index contributed by atoms with van der Waals surface area (Å²) in [5.41, 5.74) is 0.682. The van der Waals surface area contributed by atoms with Crippen molar-refractivity contribution in [2.45, 2.75) is 44.7 Å². The lowest BCUT2D eigenvalue weighted by molar-refractivity contribution is -0.156. The number of hydrogen-bond donors (Lipinski definition) is 1. The lowest BCUT2D eigenvalue weighted by Gasteiger charge is -2.26. The van der Waals surface area contributed by atoms with Crippen LogP contribution in [0, 0.1) is 5.92 Å². The van der Waals surface area contributed by atoms with Crippen LogP contribution in [0.15, 0.2) is 59.5 Å². The van der Waals surface area contributed by atoms with E-state index in [1.807, 2.05) is 25.1 Å². The molecule has 0 fully saturated rings. The summed E-state index contributed by atoms with van der Waals surface area (Å²) in [5.74, 6) is -1.63. The first-order chi connectivity index (χ1) is 14.6. The molecule has 7 nitrogen and oxygen atoms in total. The first kappa shape index (κ1) is 24.8. The highest BCUT2D eigenvalue weighted by Crippen LogP contribution is 2.18. The second kappa shape index (κ2) is 10.7. The Kier molecular flexibility index (Phi) is 8.61. The fourth-order valence-corrected chi connectivity index (χ4v) is 4.36. The molecule has 0 heterocycles. The Bertz CT molecular complexity index is 994. The molecule has 2 aromatic carbocycles. The monoisotopic (exact) mass is 466 g/mol. The van der Waals surface area contributed by atoms with Crippen LogP contribution < -0.4 is 9.62 Å². The predicted octanol–water partition coefficient (Wildman–Crippen LogP) is 3.63. The summed E-state index contributed by atoms with van der Waals surface area (Å²) >= 11 is 5.81. The van der Waals surface area contributed by atoms with E-state index >= 15 is 0 Å². The van der Waals surface area contributed by atoms with Gasteiger partial charge in [-0.15, -0.1) is 0 Å². The minimum atomic E-state index is -3.99. The van der Waals surface area contributed by atoms with Crippen LogP contribution in [0.3, 0.4) is 0 Å². The molecule has 9 heteroatoms. The van der Waals surface area contributed by atoms with Crippen molar-refractivity contribution in [1.82, 2.24) is 4.72 Å². The molecule has 0 saturated heterocycles. The summed E-state index contributed by atoms with van der Waals surface area (Å²) in [6.07, 6.45) is -1.09. The standard InChI is InChI=1S/C22H27ClN2O5S/c1-5-25(18-9-7-6-8-10-18)21(26)16(4)30-22(27)20(15(2)3)24-31(28,29)19-13-11-17(23)12-14-19/h6-16,20,24H,5H2,1-4H3. The van der Waals surface area contributed by atoms with Crippen LogP contribution in [0.5, 0.6) is 0 Å². The number of amides is 1. The Morgan fingerprint density at radius 2 is 1.61 bits per heavy atom. The third-order valence-corrected chi connectivity index (χ3v) is 6.33. The van der Waals surface area contributed by atoms with Crippen molar-refractivity contribution in [3.8, 4) is 0 Å². The van der Waals surface area contributed by atoms with Gasteiger partial charge in [0.25, 0.3) is 5.91 Å². The van der Waals surface area contributed by atoms with Gasteiger partial charge >= 0.3 is 5.97 Å². The van der Waals surface area contributed by atoms with Gasteiger partial charge in [-0.25, -0.2) is 8.42 Å². The predicted molar refractivity (Wildman–Crippen MR) is 120 cm³/mol. The highest BCUT2D eigenvalue weighted by Gasteiger charge is 2.33. The smallest absolute Gasteiger partial charge is 0.325 e. The summed E-state index contributed by atoms with van der Waals surface area (Å²) in [6, 6.07) is 13.4. The summed E-state index contributed by atoms with van der Waals surface area (Å²) in [6.45, 7) is 7.05. The fraction of sp³-hybridized carbons (Fsp3) is 0.364. The molecule has 2 rings (SSSR count). The number of ether oxygens (including phenoxy) is 1. The normalized spacial score (nSPS) is 13.5. The Morgan fingerprint density at radius 3 is 2.13 bits per heavy atom. The second-order valence-electron chi connectivity index (χ2n) is 7.29. The van der Waals surface area contributed by atoms with E-state index in [2.05, 4.69) is 4.72 Å². The second-order valence-corrected chi connectivity index (χ2v) is 9.44. The number of carbonyl (C=O) groups is 2. The summed E-state index contributed by atoms with van der Waals surface area (Å²) in [5, 5.41) is 0.394. The third-order valence-electron chi connectivity index (χ3n) is 4.62. The molecular weight excluding hydrogens is 440 g/mol. The van der Waals surface area contributed by atoms with Crippen molar-refractivity contribution >= 4 is 39.2 Å². The van der Waals surface area contributed by atoms with Gasteiger partial charge < -0.3 is 9.64 Å². The van der Waals surface area contributed by atoms with Gasteiger partial charge in [0, 0.05) is 17.3 Å². The molecule has 31 heavy (non-hydrogen) atoms. The maximum Gasteiger partial charge on any atom is 0.325 e. The van der Waals surface area contributed by atoms with Crippen LogP contribution in [0.25, 0.3) is 0 Å². The zero-order valence-corrected chi connectivity index (χ0v) is 19.5. The number of anilines is 1. The number of sulfonamides is 1. The first-order valence-electron chi connectivity index (χ1n) is 9.91. The van der Waals surface area contributed by atoms with E-state index in [-0.39, 0.29) is 4.90 Å². The van der Waals surface area contributed by atoms with Crippen LogP contribution >= 0.6 is 11.6 Å². The van der Waals surface area contributed by atoms with Crippen molar-refractivity contribution in [2.75, 3.05) is 11.4 Å². The zero-order valence-electron chi connectivity index (χ0n) is 17.9. The van der Waals surface area contributed by atoms with Crippen molar-refractivity contribution in [3.63, 3.8) is 0 Å². The van der Waals surface area contributed by atoms with Crippen LogP contribution in [0.2, 0.25) is 5.02 Å². The number of para-hydroxylation sites is 1. The van der Waals surface area contributed by atoms with Gasteiger partial charge in [-0.1, -0.05) is 43.6 Å². The average Bonchev–Trinajstić information content (AvgIpc) is 2.73. The number of likely N-dealkylation sites (N-methyl/N-ethyl adjacent to an activating group) is 1. The summed E-state index contributed by atoms with van der Waals surface area (Å²) in [7, 11) is -3.99. The van der Waals surface area contributed by atoms with Crippen molar-refractivity contribution in [2.24, 2.45) is 5.92 Å². The van der Waals surface area contributed by atoms with Crippen LogP contribution in [-0.4, -0.2) is 39.0 Å². The van der Waals surface area contributed by atoms with Gasteiger partial charge in [0.2, 0.25) is 10.0 Å². The molecule has 1 amide bonds. The van der Waals surface area contributed by atoms with E-state index in [1.165, 1.54) is 36.1 Å². The van der Waals surface area contributed by atoms with Gasteiger partial charge in [-0.05, 0) is 56.2 Å². The topological polar surface area (TPSA) is 92.8 Å². The molecule has 1 N–H and O–H groups in total. The molecule has 2 unspecified atom stereocenters. The molecular formula is C22H27ClN2O5S.